The number of hydrogen-bond donors (Lipinski definition) is 0. The first-order chi connectivity index (χ1) is 17.1. The molecule has 6 aromatic carbocycles. The Hall–Kier alpha value is -3.64. The largest absolute Gasteiger partial charge is 0.0579 e. The van der Waals surface area contributed by atoms with Gasteiger partial charge in [-0.05, 0) is 76.5 Å². The molecule has 0 aromatic heterocycles. The summed E-state index contributed by atoms with van der Waals surface area (Å²) in [7, 11) is 0. The average Bonchev–Trinajstić information content (AvgIpc) is 2.86. The quantitative estimate of drug-likeness (QED) is 0.223. The Morgan fingerprint density at radius 2 is 0.861 bits per heavy atom. The van der Waals surface area contributed by atoms with Gasteiger partial charge in [-0.2, -0.15) is 0 Å². The molecule has 36 heavy (non-hydrogen) atoms. The highest BCUT2D eigenvalue weighted by Gasteiger charge is 2.20. The smallest absolute Gasteiger partial charge is 0.00205 e. The minimum absolute atomic E-state index is 0.103. The van der Waals surface area contributed by atoms with Crippen LogP contribution in [-0.4, -0.2) is 0 Å². The van der Waals surface area contributed by atoms with Crippen LogP contribution in [0, 0.1) is 0 Å². The van der Waals surface area contributed by atoms with Crippen LogP contribution in [0.4, 0.5) is 0 Å². The summed E-state index contributed by atoms with van der Waals surface area (Å²) in [6.07, 6.45) is 0. The summed E-state index contributed by atoms with van der Waals surface area (Å²) < 4.78 is 0. The summed E-state index contributed by atoms with van der Waals surface area (Å²) in [6.45, 7) is 13.7. The third-order valence-corrected chi connectivity index (χ3v) is 7.75. The van der Waals surface area contributed by atoms with Crippen molar-refractivity contribution in [1.82, 2.24) is 0 Å². The zero-order chi connectivity index (χ0) is 25.2. The molecule has 0 nitrogen and oxygen atoms in total. The lowest BCUT2D eigenvalue weighted by atomic mass is 9.81. The second-order valence-electron chi connectivity index (χ2n) is 12.3. The number of rotatable bonds is 2. The Morgan fingerprint density at radius 3 is 1.44 bits per heavy atom. The molecule has 178 valence electrons. The van der Waals surface area contributed by atoms with Crippen LogP contribution < -0.4 is 0 Å². The lowest BCUT2D eigenvalue weighted by Crippen LogP contribution is -2.11. The minimum Gasteiger partial charge on any atom is -0.0579 e. The van der Waals surface area contributed by atoms with E-state index in [2.05, 4.69) is 139 Å². The highest BCUT2D eigenvalue weighted by molar-refractivity contribution is 6.26. The van der Waals surface area contributed by atoms with Gasteiger partial charge < -0.3 is 0 Å². The van der Waals surface area contributed by atoms with Crippen LogP contribution in [0.3, 0.4) is 0 Å². The van der Waals surface area contributed by atoms with Crippen LogP contribution >= 0.6 is 0 Å². The molecular weight excluding hydrogens is 432 g/mol. The fraction of sp³-hybridized carbons (Fsp3) is 0.222. The van der Waals surface area contributed by atoms with Gasteiger partial charge in [-0.1, -0.05) is 139 Å². The molecule has 0 heteroatoms. The summed E-state index contributed by atoms with van der Waals surface area (Å²) in [5.74, 6) is 0. The topological polar surface area (TPSA) is 0 Å². The molecule has 0 aliphatic heterocycles. The summed E-state index contributed by atoms with van der Waals surface area (Å²) in [4.78, 5) is 0. The van der Waals surface area contributed by atoms with Crippen LogP contribution in [0.15, 0.2) is 97.1 Å². The maximum absolute atomic E-state index is 2.32. The lowest BCUT2D eigenvalue weighted by Gasteiger charge is -2.23. The van der Waals surface area contributed by atoms with E-state index in [-0.39, 0.29) is 10.8 Å². The SMILES string of the molecule is CC(C)(C)c1ccc(-c2ccc(-c3ccc4ccc5c(C(C)(C)C)ccc6ccc3c4c65)cc2)cc1. The molecule has 0 aliphatic rings. The van der Waals surface area contributed by atoms with E-state index >= 15 is 0 Å². The van der Waals surface area contributed by atoms with Gasteiger partial charge in [0.05, 0.1) is 0 Å². The second kappa shape index (κ2) is 7.93. The van der Waals surface area contributed by atoms with Crippen molar-refractivity contribution >= 4 is 32.3 Å². The first kappa shape index (κ1) is 22.8. The van der Waals surface area contributed by atoms with Gasteiger partial charge in [0.1, 0.15) is 0 Å². The minimum atomic E-state index is 0.103. The van der Waals surface area contributed by atoms with E-state index in [0.717, 1.165) is 0 Å². The van der Waals surface area contributed by atoms with Crippen molar-refractivity contribution in [2.75, 3.05) is 0 Å². The van der Waals surface area contributed by atoms with E-state index < -0.39 is 0 Å². The highest BCUT2D eigenvalue weighted by atomic mass is 14.2. The molecule has 6 aromatic rings. The van der Waals surface area contributed by atoms with Crippen molar-refractivity contribution < 1.29 is 0 Å². The molecule has 0 atom stereocenters. The first-order valence-corrected chi connectivity index (χ1v) is 13.0. The Kier molecular flexibility index (Phi) is 5.02. The summed E-state index contributed by atoms with van der Waals surface area (Å²) in [5, 5.41) is 8.13. The van der Waals surface area contributed by atoms with Crippen molar-refractivity contribution in [3.8, 4) is 22.3 Å². The number of hydrogen-bond acceptors (Lipinski definition) is 0. The van der Waals surface area contributed by atoms with Gasteiger partial charge in [0.25, 0.3) is 0 Å². The standard InChI is InChI=1S/C36H34/c1-35(2,3)28-17-11-24(12-18-28)23-7-9-25(10-8-23)29-19-13-26-15-21-31-32(36(4,5)6)22-16-27-14-20-30(29)33(26)34(27)31/h7-22H,1-6H3. The summed E-state index contributed by atoms with van der Waals surface area (Å²) in [6, 6.07) is 36.5. The molecular formula is C36H34. The molecule has 0 radical (unpaired) electrons. The van der Waals surface area contributed by atoms with Crippen LogP contribution in [0.2, 0.25) is 0 Å². The molecule has 0 heterocycles. The Balaban J connectivity index is 1.48. The highest BCUT2D eigenvalue weighted by Crippen LogP contribution is 2.42. The van der Waals surface area contributed by atoms with Crippen molar-refractivity contribution in [2.24, 2.45) is 0 Å². The third-order valence-electron chi connectivity index (χ3n) is 7.75. The van der Waals surface area contributed by atoms with Gasteiger partial charge >= 0.3 is 0 Å². The molecule has 0 amide bonds. The molecule has 0 N–H and O–H groups in total. The summed E-state index contributed by atoms with van der Waals surface area (Å²) in [5.41, 5.74) is 8.14. The lowest BCUT2D eigenvalue weighted by molar-refractivity contribution is 0.590. The van der Waals surface area contributed by atoms with Crippen molar-refractivity contribution in [3.63, 3.8) is 0 Å². The zero-order valence-corrected chi connectivity index (χ0v) is 22.2. The van der Waals surface area contributed by atoms with Gasteiger partial charge in [0.2, 0.25) is 0 Å². The van der Waals surface area contributed by atoms with Crippen molar-refractivity contribution in [3.05, 3.63) is 108 Å². The van der Waals surface area contributed by atoms with E-state index in [1.165, 1.54) is 65.7 Å². The van der Waals surface area contributed by atoms with Gasteiger partial charge in [-0.15, -0.1) is 0 Å². The normalized spacial score (nSPS) is 12.7. The van der Waals surface area contributed by atoms with Crippen molar-refractivity contribution in [2.45, 2.75) is 52.4 Å². The number of benzene rings is 6. The molecule has 0 spiro atoms. The van der Waals surface area contributed by atoms with E-state index in [9.17, 15) is 0 Å². The zero-order valence-electron chi connectivity index (χ0n) is 22.2. The van der Waals surface area contributed by atoms with Crippen LogP contribution in [0.1, 0.15) is 52.7 Å². The van der Waals surface area contributed by atoms with Gasteiger partial charge in [0, 0.05) is 0 Å². The third kappa shape index (κ3) is 3.68. The van der Waals surface area contributed by atoms with E-state index in [1.54, 1.807) is 0 Å². The Bertz CT molecular complexity index is 1700. The Morgan fingerprint density at radius 1 is 0.389 bits per heavy atom. The van der Waals surface area contributed by atoms with E-state index in [0.29, 0.717) is 0 Å². The first-order valence-electron chi connectivity index (χ1n) is 13.0. The van der Waals surface area contributed by atoms with Crippen LogP contribution in [0.25, 0.3) is 54.6 Å². The predicted molar refractivity (Wildman–Crippen MR) is 158 cm³/mol. The maximum Gasteiger partial charge on any atom is -0.00205 e. The molecule has 0 unspecified atom stereocenters. The van der Waals surface area contributed by atoms with Crippen molar-refractivity contribution in [1.29, 1.82) is 0 Å². The fourth-order valence-corrected chi connectivity index (χ4v) is 5.71. The van der Waals surface area contributed by atoms with Crippen LogP contribution in [-0.2, 0) is 10.8 Å². The fourth-order valence-electron chi connectivity index (χ4n) is 5.71. The average molecular weight is 467 g/mol. The van der Waals surface area contributed by atoms with E-state index in [4.69, 9.17) is 0 Å². The molecule has 0 fully saturated rings. The van der Waals surface area contributed by atoms with Gasteiger partial charge in [-0.3, -0.25) is 0 Å². The van der Waals surface area contributed by atoms with Crippen LogP contribution in [0.5, 0.6) is 0 Å². The van der Waals surface area contributed by atoms with E-state index in [1.807, 2.05) is 0 Å². The summed E-state index contributed by atoms with van der Waals surface area (Å²) >= 11 is 0. The second-order valence-corrected chi connectivity index (χ2v) is 12.3. The Labute approximate surface area is 214 Å². The maximum atomic E-state index is 2.32. The molecule has 0 saturated heterocycles. The molecule has 0 aliphatic carbocycles. The molecule has 0 saturated carbocycles. The molecule has 0 bridgehead atoms. The predicted octanol–water partition coefficient (Wildman–Crippen LogP) is 10.5. The molecule has 6 rings (SSSR count). The monoisotopic (exact) mass is 466 g/mol. The van der Waals surface area contributed by atoms with Gasteiger partial charge in [0.15, 0.2) is 0 Å². The van der Waals surface area contributed by atoms with Gasteiger partial charge in [-0.25, -0.2) is 0 Å².